The van der Waals surface area contributed by atoms with Crippen molar-refractivity contribution in [1.29, 1.82) is 0 Å². The van der Waals surface area contributed by atoms with Crippen LogP contribution < -0.4 is 5.32 Å². The molecular weight excluding hydrogens is 350 g/mol. The van der Waals surface area contributed by atoms with Crippen LogP contribution in [0, 0.1) is 6.92 Å². The number of piperazine rings is 1. The van der Waals surface area contributed by atoms with Crippen molar-refractivity contribution in [3.05, 3.63) is 65.2 Å². The number of hydrogen-bond acceptors (Lipinski definition) is 4. The van der Waals surface area contributed by atoms with E-state index in [1.807, 2.05) is 6.92 Å². The predicted octanol–water partition coefficient (Wildman–Crippen LogP) is 3.34. The van der Waals surface area contributed by atoms with E-state index in [1.165, 1.54) is 18.1 Å². The summed E-state index contributed by atoms with van der Waals surface area (Å²) in [6.45, 7) is 10.3. The van der Waals surface area contributed by atoms with Gasteiger partial charge in [0.2, 0.25) is 5.91 Å². The van der Waals surface area contributed by atoms with Gasteiger partial charge in [0, 0.05) is 50.9 Å². The minimum Gasteiger partial charge on any atom is -0.326 e. The summed E-state index contributed by atoms with van der Waals surface area (Å²) in [7, 11) is 0. The molecule has 1 saturated heterocycles. The predicted molar refractivity (Wildman–Crippen MR) is 113 cm³/mol. The van der Waals surface area contributed by atoms with Crippen LogP contribution in [-0.2, 0) is 11.3 Å². The van der Waals surface area contributed by atoms with Crippen molar-refractivity contribution in [3.8, 4) is 0 Å². The summed E-state index contributed by atoms with van der Waals surface area (Å²) in [5.74, 6) is 0.0116. The molecule has 1 heterocycles. The van der Waals surface area contributed by atoms with E-state index in [0.29, 0.717) is 11.3 Å². The standard InChI is InChI=1S/C23H29N3O2/c1-17-5-4-6-20(15-17)16-25-11-13-26(14-12-25)18(2)23(28)21-7-9-22(10-8-21)24-19(3)27/h4-10,15,18H,11-14,16H2,1-3H3,(H,24,27). The van der Waals surface area contributed by atoms with Crippen LogP contribution in [0.2, 0.25) is 0 Å². The number of nitrogens with one attached hydrogen (secondary N) is 1. The highest BCUT2D eigenvalue weighted by Crippen LogP contribution is 2.16. The number of carbonyl (C=O) groups is 2. The summed E-state index contributed by atoms with van der Waals surface area (Å²) in [6, 6.07) is 15.6. The van der Waals surface area contributed by atoms with E-state index >= 15 is 0 Å². The van der Waals surface area contributed by atoms with Crippen LogP contribution in [0.4, 0.5) is 5.69 Å². The van der Waals surface area contributed by atoms with Crippen LogP contribution in [0.3, 0.4) is 0 Å². The first-order valence-corrected chi connectivity index (χ1v) is 9.86. The van der Waals surface area contributed by atoms with Gasteiger partial charge in [-0.2, -0.15) is 0 Å². The zero-order valence-electron chi connectivity index (χ0n) is 16.9. The summed E-state index contributed by atoms with van der Waals surface area (Å²) in [4.78, 5) is 28.7. The maximum absolute atomic E-state index is 12.8. The number of nitrogens with zero attached hydrogens (tertiary/aromatic N) is 2. The second-order valence-corrected chi connectivity index (χ2v) is 7.60. The molecule has 1 amide bonds. The Balaban J connectivity index is 1.53. The highest BCUT2D eigenvalue weighted by atomic mass is 16.1. The molecule has 0 aliphatic carbocycles. The minimum absolute atomic E-state index is 0.115. The third-order valence-electron chi connectivity index (χ3n) is 5.31. The van der Waals surface area contributed by atoms with Crippen molar-refractivity contribution in [1.82, 2.24) is 9.80 Å². The highest BCUT2D eigenvalue weighted by molar-refractivity contribution is 6.00. The number of carbonyl (C=O) groups excluding carboxylic acids is 2. The molecule has 0 aromatic heterocycles. The molecule has 1 fully saturated rings. The molecule has 5 heteroatoms. The van der Waals surface area contributed by atoms with E-state index in [-0.39, 0.29) is 17.7 Å². The maximum Gasteiger partial charge on any atom is 0.221 e. The lowest BCUT2D eigenvalue weighted by atomic mass is 10.0. The van der Waals surface area contributed by atoms with E-state index in [1.54, 1.807) is 24.3 Å². The molecule has 1 N–H and O–H groups in total. The molecule has 5 nitrogen and oxygen atoms in total. The molecular formula is C23H29N3O2. The second kappa shape index (κ2) is 9.13. The maximum atomic E-state index is 12.8. The Hall–Kier alpha value is -2.50. The molecule has 2 aromatic carbocycles. The normalized spacial score (nSPS) is 16.5. The van der Waals surface area contributed by atoms with Crippen LogP contribution in [-0.4, -0.2) is 53.7 Å². The van der Waals surface area contributed by atoms with Gasteiger partial charge in [0.25, 0.3) is 0 Å². The van der Waals surface area contributed by atoms with Gasteiger partial charge in [-0.15, -0.1) is 0 Å². The Labute approximate surface area is 167 Å². The van der Waals surface area contributed by atoms with Gasteiger partial charge in [-0.1, -0.05) is 29.8 Å². The molecule has 0 bridgehead atoms. The molecule has 148 valence electrons. The smallest absolute Gasteiger partial charge is 0.221 e. The van der Waals surface area contributed by atoms with Crippen molar-refractivity contribution in [2.75, 3.05) is 31.5 Å². The van der Waals surface area contributed by atoms with E-state index < -0.39 is 0 Å². The van der Waals surface area contributed by atoms with Gasteiger partial charge in [0.05, 0.1) is 6.04 Å². The summed E-state index contributed by atoms with van der Waals surface area (Å²) in [5.41, 5.74) is 4.03. The number of amides is 1. The Morgan fingerprint density at radius 2 is 1.71 bits per heavy atom. The zero-order chi connectivity index (χ0) is 20.1. The number of Topliss-reactive ketones (excluding diaryl/α,β-unsaturated/α-hetero) is 1. The SMILES string of the molecule is CC(=O)Nc1ccc(C(=O)C(C)N2CCN(Cc3cccc(C)c3)CC2)cc1. The van der Waals surface area contributed by atoms with Crippen molar-refractivity contribution >= 4 is 17.4 Å². The second-order valence-electron chi connectivity index (χ2n) is 7.60. The minimum atomic E-state index is -0.146. The molecule has 0 spiro atoms. The number of rotatable bonds is 6. The van der Waals surface area contributed by atoms with Crippen LogP contribution in [0.1, 0.15) is 35.3 Å². The highest BCUT2D eigenvalue weighted by Gasteiger charge is 2.26. The fourth-order valence-electron chi connectivity index (χ4n) is 3.71. The van der Waals surface area contributed by atoms with E-state index in [0.717, 1.165) is 32.7 Å². The van der Waals surface area contributed by atoms with Gasteiger partial charge in [-0.25, -0.2) is 0 Å². The van der Waals surface area contributed by atoms with Crippen molar-refractivity contribution < 1.29 is 9.59 Å². The van der Waals surface area contributed by atoms with E-state index in [4.69, 9.17) is 0 Å². The fraction of sp³-hybridized carbons (Fsp3) is 0.391. The molecule has 1 aliphatic heterocycles. The van der Waals surface area contributed by atoms with Gasteiger partial charge in [0.1, 0.15) is 0 Å². The van der Waals surface area contributed by atoms with Crippen molar-refractivity contribution in [3.63, 3.8) is 0 Å². The third kappa shape index (κ3) is 5.27. The fourth-order valence-corrected chi connectivity index (χ4v) is 3.71. The lowest BCUT2D eigenvalue weighted by Crippen LogP contribution is -2.51. The number of ketones is 1. The average Bonchev–Trinajstić information content (AvgIpc) is 2.68. The summed E-state index contributed by atoms with van der Waals surface area (Å²) in [5, 5.41) is 2.73. The zero-order valence-corrected chi connectivity index (χ0v) is 16.9. The largest absolute Gasteiger partial charge is 0.326 e. The van der Waals surface area contributed by atoms with Gasteiger partial charge < -0.3 is 5.32 Å². The van der Waals surface area contributed by atoms with Gasteiger partial charge in [-0.3, -0.25) is 19.4 Å². The average molecular weight is 380 g/mol. The van der Waals surface area contributed by atoms with Crippen LogP contribution in [0.5, 0.6) is 0 Å². The molecule has 1 unspecified atom stereocenters. The lowest BCUT2D eigenvalue weighted by molar-refractivity contribution is -0.114. The molecule has 2 aromatic rings. The first-order chi connectivity index (χ1) is 13.4. The Morgan fingerprint density at radius 1 is 1.04 bits per heavy atom. The Morgan fingerprint density at radius 3 is 2.32 bits per heavy atom. The van der Waals surface area contributed by atoms with Gasteiger partial charge in [-0.05, 0) is 43.7 Å². The number of hydrogen-bond donors (Lipinski definition) is 1. The molecule has 1 aliphatic rings. The van der Waals surface area contributed by atoms with Gasteiger partial charge >= 0.3 is 0 Å². The third-order valence-corrected chi connectivity index (χ3v) is 5.31. The van der Waals surface area contributed by atoms with Crippen LogP contribution in [0.25, 0.3) is 0 Å². The molecule has 3 rings (SSSR count). The number of benzene rings is 2. The van der Waals surface area contributed by atoms with E-state index in [2.05, 4.69) is 46.3 Å². The monoisotopic (exact) mass is 379 g/mol. The lowest BCUT2D eigenvalue weighted by Gasteiger charge is -2.37. The van der Waals surface area contributed by atoms with Crippen molar-refractivity contribution in [2.45, 2.75) is 33.4 Å². The van der Waals surface area contributed by atoms with Crippen LogP contribution in [0.15, 0.2) is 48.5 Å². The van der Waals surface area contributed by atoms with E-state index in [9.17, 15) is 9.59 Å². The quantitative estimate of drug-likeness (QED) is 0.782. The molecule has 0 radical (unpaired) electrons. The first-order valence-electron chi connectivity index (χ1n) is 9.86. The van der Waals surface area contributed by atoms with Crippen LogP contribution >= 0.6 is 0 Å². The first kappa shape index (κ1) is 20.2. The summed E-state index contributed by atoms with van der Waals surface area (Å²) >= 11 is 0. The molecule has 1 atom stereocenters. The topological polar surface area (TPSA) is 52.7 Å². The Bertz CT molecular complexity index is 824. The summed E-state index contributed by atoms with van der Waals surface area (Å²) in [6.07, 6.45) is 0. The number of anilines is 1. The molecule has 0 saturated carbocycles. The molecule has 28 heavy (non-hydrogen) atoms. The Kier molecular flexibility index (Phi) is 6.60. The van der Waals surface area contributed by atoms with Gasteiger partial charge in [0.15, 0.2) is 5.78 Å². The summed E-state index contributed by atoms with van der Waals surface area (Å²) < 4.78 is 0. The number of aryl methyl sites for hydroxylation is 1. The van der Waals surface area contributed by atoms with Crippen molar-refractivity contribution in [2.24, 2.45) is 0 Å².